The summed E-state index contributed by atoms with van der Waals surface area (Å²) in [5.74, 6) is -0.972. The highest BCUT2D eigenvalue weighted by molar-refractivity contribution is 7.89. The van der Waals surface area contributed by atoms with Gasteiger partial charge in [-0.15, -0.1) is 0 Å². The lowest BCUT2D eigenvalue weighted by atomic mass is 10.1. The summed E-state index contributed by atoms with van der Waals surface area (Å²) in [6, 6.07) is 2.27. The number of hydrogen-bond donors (Lipinski definition) is 1. The fourth-order valence-electron chi connectivity index (χ4n) is 2.23. The molecule has 1 saturated heterocycles. The first-order valence-corrected chi connectivity index (χ1v) is 7.95. The van der Waals surface area contributed by atoms with Crippen LogP contribution in [-0.4, -0.2) is 39.0 Å². The van der Waals surface area contributed by atoms with E-state index in [4.69, 9.17) is 22.1 Å². The summed E-state index contributed by atoms with van der Waals surface area (Å²) in [5.41, 5.74) is 5.66. The maximum atomic E-state index is 14.0. The van der Waals surface area contributed by atoms with E-state index in [9.17, 15) is 12.8 Å². The summed E-state index contributed by atoms with van der Waals surface area (Å²) >= 11 is 5.66. The molecule has 0 spiro atoms. The molecule has 2 rings (SSSR count). The van der Waals surface area contributed by atoms with Crippen molar-refractivity contribution in [3.8, 4) is 0 Å². The number of rotatable bonds is 3. The highest BCUT2D eigenvalue weighted by Crippen LogP contribution is 2.29. The maximum Gasteiger partial charge on any atom is 0.246 e. The number of anilines is 1. The fourth-order valence-corrected chi connectivity index (χ4v) is 4.14. The van der Waals surface area contributed by atoms with Gasteiger partial charge in [-0.3, -0.25) is 0 Å². The molecular formula is C12H16ClFN2O3S. The Balaban J connectivity index is 2.40. The van der Waals surface area contributed by atoms with Gasteiger partial charge in [0.05, 0.1) is 11.1 Å². The summed E-state index contributed by atoms with van der Waals surface area (Å²) in [7, 11) is -2.44. The lowest BCUT2D eigenvalue weighted by molar-refractivity contribution is 0.0571. The number of nitrogen functional groups attached to an aromatic ring is 1. The molecular weight excluding hydrogens is 307 g/mol. The van der Waals surface area contributed by atoms with Crippen molar-refractivity contribution in [3.63, 3.8) is 0 Å². The molecule has 0 bridgehead atoms. The van der Waals surface area contributed by atoms with Crippen LogP contribution >= 0.6 is 11.6 Å². The number of sulfonamides is 1. The van der Waals surface area contributed by atoms with Gasteiger partial charge in [-0.25, -0.2) is 12.8 Å². The van der Waals surface area contributed by atoms with E-state index in [1.54, 1.807) is 0 Å². The molecule has 2 N–H and O–H groups in total. The van der Waals surface area contributed by atoms with Crippen molar-refractivity contribution in [1.29, 1.82) is 0 Å². The van der Waals surface area contributed by atoms with E-state index >= 15 is 0 Å². The molecule has 1 heterocycles. The van der Waals surface area contributed by atoms with Crippen LogP contribution in [0.4, 0.5) is 10.1 Å². The van der Waals surface area contributed by atoms with E-state index in [1.807, 2.05) is 0 Å². The summed E-state index contributed by atoms with van der Waals surface area (Å²) in [6.45, 7) is 0.527. The SMILES string of the molecule is COC1CCCN(S(=O)(=O)c2cc(N)cc(Cl)c2F)C1. The van der Waals surface area contributed by atoms with Crippen LogP contribution in [0.1, 0.15) is 12.8 Å². The molecule has 0 saturated carbocycles. The van der Waals surface area contributed by atoms with Gasteiger partial charge < -0.3 is 10.5 Å². The van der Waals surface area contributed by atoms with Gasteiger partial charge in [-0.1, -0.05) is 11.6 Å². The van der Waals surface area contributed by atoms with Crippen LogP contribution in [0.25, 0.3) is 0 Å². The Hall–Kier alpha value is -0.890. The molecule has 1 fully saturated rings. The molecule has 112 valence electrons. The number of ether oxygens (including phenoxy) is 1. The van der Waals surface area contributed by atoms with Gasteiger partial charge >= 0.3 is 0 Å². The van der Waals surface area contributed by atoms with Crippen molar-refractivity contribution in [2.45, 2.75) is 23.8 Å². The molecule has 1 aromatic carbocycles. The molecule has 5 nitrogen and oxygen atoms in total. The van der Waals surface area contributed by atoms with Crippen molar-refractivity contribution in [3.05, 3.63) is 23.0 Å². The summed E-state index contributed by atoms with van der Waals surface area (Å²) in [4.78, 5) is -0.487. The highest BCUT2D eigenvalue weighted by atomic mass is 35.5. The van der Waals surface area contributed by atoms with E-state index in [0.29, 0.717) is 13.0 Å². The van der Waals surface area contributed by atoms with Gasteiger partial charge in [0.15, 0.2) is 5.82 Å². The zero-order valence-corrected chi connectivity index (χ0v) is 12.5. The number of benzene rings is 1. The second kappa shape index (κ2) is 5.85. The highest BCUT2D eigenvalue weighted by Gasteiger charge is 2.33. The van der Waals surface area contributed by atoms with Crippen LogP contribution < -0.4 is 5.73 Å². The Morgan fingerprint density at radius 2 is 2.20 bits per heavy atom. The normalized spacial score (nSPS) is 21.1. The quantitative estimate of drug-likeness (QED) is 0.862. The molecule has 1 atom stereocenters. The Morgan fingerprint density at radius 3 is 2.85 bits per heavy atom. The fraction of sp³-hybridized carbons (Fsp3) is 0.500. The third-order valence-electron chi connectivity index (χ3n) is 3.31. The van der Waals surface area contributed by atoms with Gasteiger partial charge in [0.1, 0.15) is 4.90 Å². The first-order valence-electron chi connectivity index (χ1n) is 6.13. The molecule has 1 aliphatic rings. The van der Waals surface area contributed by atoms with E-state index in [0.717, 1.165) is 12.5 Å². The van der Waals surface area contributed by atoms with Gasteiger partial charge in [-0.05, 0) is 25.0 Å². The Bertz CT molecular complexity index is 609. The van der Waals surface area contributed by atoms with Crippen molar-refractivity contribution in [2.75, 3.05) is 25.9 Å². The van der Waals surface area contributed by atoms with E-state index in [2.05, 4.69) is 0 Å². The summed E-state index contributed by atoms with van der Waals surface area (Å²) in [6.07, 6.45) is 1.26. The third kappa shape index (κ3) is 2.90. The number of nitrogens with zero attached hydrogens (tertiary/aromatic N) is 1. The monoisotopic (exact) mass is 322 g/mol. The summed E-state index contributed by atoms with van der Waals surface area (Å²) in [5, 5.41) is -0.302. The predicted molar refractivity (Wildman–Crippen MR) is 74.6 cm³/mol. The molecule has 1 aliphatic heterocycles. The van der Waals surface area contributed by atoms with E-state index in [-0.39, 0.29) is 23.4 Å². The minimum absolute atomic E-state index is 0.107. The van der Waals surface area contributed by atoms with Gasteiger partial charge in [0.2, 0.25) is 10.0 Å². The first-order chi connectivity index (χ1) is 9.36. The van der Waals surface area contributed by atoms with Crippen molar-refractivity contribution in [2.24, 2.45) is 0 Å². The van der Waals surface area contributed by atoms with Crippen LogP contribution in [0.2, 0.25) is 5.02 Å². The van der Waals surface area contributed by atoms with Crippen LogP contribution in [-0.2, 0) is 14.8 Å². The average Bonchev–Trinajstić information content (AvgIpc) is 2.42. The van der Waals surface area contributed by atoms with Crippen molar-refractivity contribution in [1.82, 2.24) is 4.31 Å². The van der Waals surface area contributed by atoms with Gasteiger partial charge in [0.25, 0.3) is 0 Å². The summed E-state index contributed by atoms with van der Waals surface area (Å²) < 4.78 is 45.4. The molecule has 1 unspecified atom stereocenters. The molecule has 8 heteroatoms. The smallest absolute Gasteiger partial charge is 0.246 e. The zero-order valence-electron chi connectivity index (χ0n) is 11.0. The zero-order chi connectivity index (χ0) is 14.9. The van der Waals surface area contributed by atoms with Crippen molar-refractivity contribution >= 4 is 27.3 Å². The molecule has 0 radical (unpaired) electrons. The predicted octanol–water partition coefficient (Wildman–Crippen LogP) is 1.86. The number of piperidine rings is 1. The minimum atomic E-state index is -3.97. The molecule has 1 aromatic rings. The van der Waals surface area contributed by atoms with Gasteiger partial charge in [-0.2, -0.15) is 4.31 Å². The van der Waals surface area contributed by atoms with E-state index < -0.39 is 20.7 Å². The lowest BCUT2D eigenvalue weighted by Gasteiger charge is -2.31. The molecule has 0 aliphatic carbocycles. The maximum absolute atomic E-state index is 14.0. The van der Waals surface area contributed by atoms with Crippen molar-refractivity contribution < 1.29 is 17.5 Å². The van der Waals surface area contributed by atoms with E-state index in [1.165, 1.54) is 17.5 Å². The number of hydrogen-bond acceptors (Lipinski definition) is 4. The largest absolute Gasteiger partial charge is 0.399 e. The number of halogens is 2. The van der Waals surface area contributed by atoms with Crippen LogP contribution in [0.15, 0.2) is 17.0 Å². The molecule has 0 amide bonds. The Labute approximate surface area is 122 Å². The second-order valence-corrected chi connectivity index (χ2v) is 6.99. The Morgan fingerprint density at radius 1 is 1.50 bits per heavy atom. The van der Waals surface area contributed by atoms with Gasteiger partial charge in [0, 0.05) is 25.9 Å². The lowest BCUT2D eigenvalue weighted by Crippen LogP contribution is -2.43. The number of nitrogens with two attached hydrogens (primary N) is 1. The average molecular weight is 323 g/mol. The standard InChI is InChI=1S/C12H16ClFN2O3S/c1-19-9-3-2-4-16(7-9)20(17,18)11-6-8(15)5-10(13)12(11)14/h5-6,9H,2-4,7,15H2,1H3. The topological polar surface area (TPSA) is 72.6 Å². The first kappa shape index (κ1) is 15.5. The van der Waals surface area contributed by atoms with Crippen LogP contribution in [0, 0.1) is 5.82 Å². The number of methoxy groups -OCH3 is 1. The second-order valence-electron chi connectivity index (χ2n) is 4.68. The molecule has 0 aromatic heterocycles. The molecule has 20 heavy (non-hydrogen) atoms. The van der Waals surface area contributed by atoms with Crippen LogP contribution in [0.3, 0.4) is 0 Å². The van der Waals surface area contributed by atoms with Crippen LogP contribution in [0.5, 0.6) is 0 Å². The Kier molecular flexibility index (Phi) is 4.53. The third-order valence-corrected chi connectivity index (χ3v) is 5.45. The minimum Gasteiger partial charge on any atom is -0.399 e.